The SMILES string of the molecule is CC1OCC[N+]1=O. The number of hydrogen-bond donors (Lipinski definition) is 0. The summed E-state index contributed by atoms with van der Waals surface area (Å²) in [4.78, 5) is 10.4. The predicted octanol–water partition coefficient (Wildman–Crippen LogP) is 0.141. The molecule has 1 rings (SSSR count). The summed E-state index contributed by atoms with van der Waals surface area (Å²) in [6.45, 7) is 2.87. The van der Waals surface area contributed by atoms with E-state index < -0.39 is 0 Å². The van der Waals surface area contributed by atoms with E-state index in [2.05, 4.69) is 0 Å². The van der Waals surface area contributed by atoms with Gasteiger partial charge in [-0.2, -0.15) is 0 Å². The largest absolute Gasteiger partial charge is 0.311 e. The van der Waals surface area contributed by atoms with Crippen LogP contribution in [0.1, 0.15) is 6.92 Å². The Bertz CT molecular complexity index is 91.7. The highest BCUT2D eigenvalue weighted by atomic mass is 16.5. The highest BCUT2D eigenvalue weighted by Crippen LogP contribution is 1.99. The molecule has 1 aliphatic heterocycles. The van der Waals surface area contributed by atoms with Gasteiger partial charge in [0.2, 0.25) is 6.54 Å². The van der Waals surface area contributed by atoms with Crippen molar-refractivity contribution in [3.63, 3.8) is 0 Å². The average molecular weight is 102 g/mol. The lowest BCUT2D eigenvalue weighted by atomic mass is 10.6. The molecule has 1 saturated heterocycles. The van der Waals surface area contributed by atoms with Gasteiger partial charge < -0.3 is 4.74 Å². The molecule has 0 aliphatic carbocycles. The second kappa shape index (κ2) is 1.58. The van der Waals surface area contributed by atoms with Crippen LogP contribution in [-0.2, 0) is 4.74 Å². The molecule has 3 nitrogen and oxygen atoms in total. The minimum atomic E-state index is -0.208. The molecule has 40 valence electrons. The Kier molecular flexibility index (Phi) is 1.06. The summed E-state index contributed by atoms with van der Waals surface area (Å²) in [6, 6.07) is 0. The molecule has 0 amide bonds. The number of nitrogens with zero attached hydrogens (tertiary/aromatic N) is 1. The summed E-state index contributed by atoms with van der Waals surface area (Å²) in [5.74, 6) is 0. The van der Waals surface area contributed by atoms with Crippen LogP contribution in [0.4, 0.5) is 0 Å². The van der Waals surface area contributed by atoms with E-state index in [-0.39, 0.29) is 6.23 Å². The van der Waals surface area contributed by atoms with Crippen LogP contribution in [-0.4, -0.2) is 24.1 Å². The molecule has 0 radical (unpaired) electrons. The molecule has 1 unspecified atom stereocenters. The zero-order chi connectivity index (χ0) is 5.28. The van der Waals surface area contributed by atoms with E-state index in [1.54, 1.807) is 6.92 Å². The normalized spacial score (nSPS) is 31.6. The topological polar surface area (TPSA) is 29.3 Å². The summed E-state index contributed by atoms with van der Waals surface area (Å²) >= 11 is 0. The van der Waals surface area contributed by atoms with Crippen molar-refractivity contribution >= 4 is 0 Å². The van der Waals surface area contributed by atoms with Gasteiger partial charge in [-0.25, -0.2) is 0 Å². The Hall–Kier alpha value is -0.440. The molecular weight excluding hydrogens is 94.0 g/mol. The Morgan fingerprint density at radius 2 is 2.57 bits per heavy atom. The van der Waals surface area contributed by atoms with Gasteiger partial charge in [-0.3, -0.25) is 0 Å². The smallest absolute Gasteiger partial charge is 0.302 e. The summed E-state index contributed by atoms with van der Waals surface area (Å²) in [6.07, 6.45) is -0.208. The van der Waals surface area contributed by atoms with Crippen molar-refractivity contribution in [2.45, 2.75) is 13.2 Å². The maximum absolute atomic E-state index is 10.4. The molecule has 0 aromatic carbocycles. The molecule has 7 heavy (non-hydrogen) atoms. The van der Waals surface area contributed by atoms with E-state index >= 15 is 0 Å². The van der Waals surface area contributed by atoms with Gasteiger partial charge >= 0.3 is 6.23 Å². The van der Waals surface area contributed by atoms with E-state index in [1.165, 1.54) is 0 Å². The molecular formula is C4H8NO2+. The van der Waals surface area contributed by atoms with Crippen LogP contribution in [0, 0.1) is 4.91 Å². The predicted molar refractivity (Wildman–Crippen MR) is 23.9 cm³/mol. The lowest BCUT2D eigenvalue weighted by Crippen LogP contribution is -2.12. The van der Waals surface area contributed by atoms with Crippen molar-refractivity contribution in [1.29, 1.82) is 0 Å². The van der Waals surface area contributed by atoms with Crippen LogP contribution in [0.5, 0.6) is 0 Å². The summed E-state index contributed by atoms with van der Waals surface area (Å²) in [7, 11) is 0. The summed E-state index contributed by atoms with van der Waals surface area (Å²) in [5, 5.41) is 0. The van der Waals surface area contributed by atoms with Gasteiger partial charge in [0.15, 0.2) is 0 Å². The first kappa shape index (κ1) is 4.71. The summed E-state index contributed by atoms with van der Waals surface area (Å²) in [5.41, 5.74) is 0. The number of rotatable bonds is 0. The number of nitroso groups, excluding NO2 is 1. The quantitative estimate of drug-likeness (QED) is 0.407. The van der Waals surface area contributed by atoms with Crippen molar-refractivity contribution in [2.75, 3.05) is 13.2 Å². The molecule has 0 N–H and O–H groups in total. The van der Waals surface area contributed by atoms with Gasteiger partial charge in [0.05, 0.1) is 0 Å². The second-order valence-corrected chi connectivity index (χ2v) is 1.61. The van der Waals surface area contributed by atoms with E-state index in [1.807, 2.05) is 0 Å². The zero-order valence-electron chi connectivity index (χ0n) is 4.26. The third-order valence-electron chi connectivity index (χ3n) is 1.08. The second-order valence-electron chi connectivity index (χ2n) is 1.61. The molecule has 0 aromatic rings. The molecule has 0 bridgehead atoms. The highest BCUT2D eigenvalue weighted by Gasteiger charge is 2.26. The van der Waals surface area contributed by atoms with Crippen molar-refractivity contribution in [3.05, 3.63) is 4.91 Å². The van der Waals surface area contributed by atoms with Gasteiger partial charge in [-0.1, -0.05) is 0 Å². The first-order valence-electron chi connectivity index (χ1n) is 2.36. The van der Waals surface area contributed by atoms with Crippen LogP contribution in [0.2, 0.25) is 0 Å². The maximum atomic E-state index is 10.4. The number of ether oxygens (including phenoxy) is 1. The third-order valence-corrected chi connectivity index (χ3v) is 1.08. The van der Waals surface area contributed by atoms with Crippen LogP contribution in [0.25, 0.3) is 0 Å². The molecule has 0 aromatic heterocycles. The fourth-order valence-electron chi connectivity index (χ4n) is 0.578. The van der Waals surface area contributed by atoms with Crippen molar-refractivity contribution < 1.29 is 9.50 Å². The zero-order valence-corrected chi connectivity index (χ0v) is 4.26. The Morgan fingerprint density at radius 3 is 2.71 bits per heavy atom. The van der Waals surface area contributed by atoms with E-state index in [4.69, 9.17) is 4.74 Å². The molecule has 1 atom stereocenters. The van der Waals surface area contributed by atoms with Gasteiger partial charge in [-0.15, -0.1) is 0 Å². The van der Waals surface area contributed by atoms with Gasteiger partial charge in [-0.05, 0) is 0 Å². The number of hydrogen-bond acceptors (Lipinski definition) is 2. The van der Waals surface area contributed by atoms with Crippen molar-refractivity contribution in [3.8, 4) is 0 Å². The molecule has 1 fully saturated rings. The minimum absolute atomic E-state index is 0.208. The third kappa shape index (κ3) is 0.771. The minimum Gasteiger partial charge on any atom is -0.311 e. The average Bonchev–Trinajstić information content (AvgIpc) is 1.91. The van der Waals surface area contributed by atoms with Crippen LogP contribution in [0.3, 0.4) is 0 Å². The first-order valence-corrected chi connectivity index (χ1v) is 2.36. The molecule has 1 aliphatic rings. The molecule has 3 heteroatoms. The van der Waals surface area contributed by atoms with Crippen LogP contribution >= 0.6 is 0 Å². The van der Waals surface area contributed by atoms with Crippen molar-refractivity contribution in [1.82, 2.24) is 0 Å². The van der Waals surface area contributed by atoms with Crippen LogP contribution < -0.4 is 0 Å². The standard InChI is InChI=1S/C4H8NO2/c1-4-5(6)2-3-7-4/h4H,2-3H2,1H3/q+1. The lowest BCUT2D eigenvalue weighted by Gasteiger charge is -1.85. The van der Waals surface area contributed by atoms with Crippen LogP contribution in [0.15, 0.2) is 0 Å². The van der Waals surface area contributed by atoms with Gasteiger partial charge in [0.25, 0.3) is 0 Å². The fourth-order valence-corrected chi connectivity index (χ4v) is 0.578. The van der Waals surface area contributed by atoms with E-state index in [9.17, 15) is 4.91 Å². The maximum Gasteiger partial charge on any atom is 0.302 e. The first-order chi connectivity index (χ1) is 3.30. The molecule has 0 spiro atoms. The monoisotopic (exact) mass is 102 g/mol. The Morgan fingerprint density at radius 1 is 1.86 bits per heavy atom. The summed E-state index contributed by atoms with van der Waals surface area (Å²) < 4.78 is 5.81. The van der Waals surface area contributed by atoms with E-state index in [0.717, 1.165) is 4.76 Å². The lowest BCUT2D eigenvalue weighted by molar-refractivity contribution is -0.584. The fraction of sp³-hybridized carbons (Fsp3) is 1.00. The molecule has 1 heterocycles. The van der Waals surface area contributed by atoms with Gasteiger partial charge in [0.1, 0.15) is 6.61 Å². The van der Waals surface area contributed by atoms with Gasteiger partial charge in [0, 0.05) is 16.6 Å². The van der Waals surface area contributed by atoms with E-state index in [0.29, 0.717) is 13.2 Å². The molecule has 0 saturated carbocycles. The van der Waals surface area contributed by atoms with Crippen molar-refractivity contribution in [2.24, 2.45) is 0 Å². The highest BCUT2D eigenvalue weighted by molar-refractivity contribution is 4.37. The Balaban J connectivity index is 2.48. The Labute approximate surface area is 41.8 Å².